The van der Waals surface area contributed by atoms with E-state index in [4.69, 9.17) is 0 Å². The number of fused-ring (bicyclic) bond motifs is 2. The highest BCUT2D eigenvalue weighted by atomic mass is 16.2. The fourth-order valence-electron chi connectivity index (χ4n) is 3.36. The number of aryl methyl sites for hydroxylation is 1. The van der Waals surface area contributed by atoms with Gasteiger partial charge in [0.05, 0.1) is 17.2 Å². The topological polar surface area (TPSA) is 58.2 Å². The van der Waals surface area contributed by atoms with Crippen molar-refractivity contribution in [2.24, 2.45) is 0 Å². The fraction of sp³-hybridized carbons (Fsp3) is 0.222. The number of carbonyl (C=O) groups excluding carboxylic acids is 2. The van der Waals surface area contributed by atoms with Crippen molar-refractivity contribution < 1.29 is 9.59 Å². The van der Waals surface area contributed by atoms with Gasteiger partial charge in [-0.1, -0.05) is 24.3 Å². The van der Waals surface area contributed by atoms with Gasteiger partial charge in [0.1, 0.15) is 0 Å². The van der Waals surface area contributed by atoms with Crippen LogP contribution in [0.2, 0.25) is 0 Å². The second kappa shape index (κ2) is 4.98. The van der Waals surface area contributed by atoms with Crippen LogP contribution in [0.4, 0.5) is 5.69 Å². The first-order valence-electron chi connectivity index (χ1n) is 7.56. The number of rotatable bonds is 2. The molecule has 0 radical (unpaired) electrons. The van der Waals surface area contributed by atoms with Crippen LogP contribution < -0.4 is 10.6 Å². The lowest BCUT2D eigenvalue weighted by molar-refractivity contribution is 0.0879. The zero-order chi connectivity index (χ0) is 15.1. The van der Waals surface area contributed by atoms with E-state index >= 15 is 0 Å². The lowest BCUT2D eigenvalue weighted by Gasteiger charge is -2.27. The zero-order valence-electron chi connectivity index (χ0n) is 12.1. The summed E-state index contributed by atoms with van der Waals surface area (Å²) in [4.78, 5) is 23.3. The Morgan fingerprint density at radius 2 is 1.82 bits per heavy atom. The quantitative estimate of drug-likeness (QED) is 0.836. The van der Waals surface area contributed by atoms with Crippen LogP contribution in [0.5, 0.6) is 0 Å². The molecule has 2 aromatic rings. The Hall–Kier alpha value is -2.62. The minimum absolute atomic E-state index is 0.253. The molecular weight excluding hydrogens is 276 g/mol. The second-order valence-corrected chi connectivity index (χ2v) is 5.83. The molecule has 4 nitrogen and oxygen atoms in total. The number of carbonyl (C=O) groups is 2. The molecule has 0 spiro atoms. The smallest absolute Gasteiger partial charge is 0.259 e. The van der Waals surface area contributed by atoms with Crippen molar-refractivity contribution in [1.29, 1.82) is 0 Å². The molecule has 110 valence electrons. The fourth-order valence-corrected chi connectivity index (χ4v) is 3.36. The Balaban J connectivity index is 1.64. The Kier molecular flexibility index (Phi) is 2.96. The first-order valence-corrected chi connectivity index (χ1v) is 7.56. The van der Waals surface area contributed by atoms with Crippen molar-refractivity contribution in [2.75, 3.05) is 5.32 Å². The molecule has 2 N–H and O–H groups in total. The van der Waals surface area contributed by atoms with Crippen molar-refractivity contribution in [3.05, 3.63) is 64.7 Å². The number of amides is 2. The van der Waals surface area contributed by atoms with E-state index in [9.17, 15) is 9.59 Å². The van der Waals surface area contributed by atoms with Crippen molar-refractivity contribution in [2.45, 2.75) is 25.3 Å². The summed E-state index contributed by atoms with van der Waals surface area (Å²) in [5, 5.41) is 5.83. The molecular formula is C18H16N2O2. The summed E-state index contributed by atoms with van der Waals surface area (Å²) in [6.45, 7) is 0. The lowest BCUT2D eigenvalue weighted by atomic mass is 9.87. The Bertz CT molecular complexity index is 782. The van der Waals surface area contributed by atoms with Gasteiger partial charge in [0.15, 0.2) is 0 Å². The van der Waals surface area contributed by atoms with E-state index in [1.807, 2.05) is 6.07 Å². The Morgan fingerprint density at radius 1 is 1.00 bits per heavy atom. The summed E-state index contributed by atoms with van der Waals surface area (Å²) < 4.78 is 0. The van der Waals surface area contributed by atoms with Crippen LogP contribution >= 0.6 is 0 Å². The highest BCUT2D eigenvalue weighted by molar-refractivity contribution is 6.21. The van der Waals surface area contributed by atoms with Gasteiger partial charge in [0, 0.05) is 5.69 Å². The largest absolute Gasteiger partial charge is 0.378 e. The van der Waals surface area contributed by atoms with E-state index in [1.165, 1.54) is 11.1 Å². The predicted molar refractivity (Wildman–Crippen MR) is 84.0 cm³/mol. The Labute approximate surface area is 128 Å². The molecule has 0 saturated carbocycles. The predicted octanol–water partition coefficient (Wildman–Crippen LogP) is 3.06. The molecule has 2 aromatic carbocycles. The lowest BCUT2D eigenvalue weighted by Crippen LogP contribution is -2.20. The van der Waals surface area contributed by atoms with Crippen LogP contribution in [0.15, 0.2) is 42.5 Å². The summed E-state index contributed by atoms with van der Waals surface area (Å²) in [5.41, 5.74) is 4.51. The van der Waals surface area contributed by atoms with Gasteiger partial charge >= 0.3 is 0 Å². The van der Waals surface area contributed by atoms with Crippen LogP contribution in [0, 0.1) is 0 Å². The molecule has 1 unspecified atom stereocenters. The van der Waals surface area contributed by atoms with E-state index in [0.29, 0.717) is 11.1 Å². The number of benzene rings is 2. The molecule has 1 aliphatic heterocycles. The first kappa shape index (κ1) is 13.1. The number of nitrogens with one attached hydrogen (secondary N) is 2. The van der Waals surface area contributed by atoms with E-state index in [-0.39, 0.29) is 17.9 Å². The molecule has 0 fully saturated rings. The van der Waals surface area contributed by atoms with Crippen molar-refractivity contribution in [3.63, 3.8) is 0 Å². The third kappa shape index (κ3) is 2.08. The van der Waals surface area contributed by atoms with Gasteiger partial charge in [-0.2, -0.15) is 0 Å². The number of imide groups is 1. The SMILES string of the molecule is O=C1NC(=O)c2cc(NC3CCCc4ccccc43)ccc21. The van der Waals surface area contributed by atoms with Gasteiger partial charge in [-0.05, 0) is 48.6 Å². The maximum atomic E-state index is 11.8. The Morgan fingerprint density at radius 3 is 2.73 bits per heavy atom. The molecule has 1 heterocycles. The van der Waals surface area contributed by atoms with Crippen LogP contribution in [0.1, 0.15) is 50.7 Å². The molecule has 1 aliphatic carbocycles. The van der Waals surface area contributed by atoms with Gasteiger partial charge in [0.2, 0.25) is 0 Å². The van der Waals surface area contributed by atoms with Crippen LogP contribution in [0.3, 0.4) is 0 Å². The average Bonchev–Trinajstić information content (AvgIpc) is 2.82. The second-order valence-electron chi connectivity index (χ2n) is 5.83. The molecule has 2 aliphatic rings. The van der Waals surface area contributed by atoms with Gasteiger partial charge in [-0.15, -0.1) is 0 Å². The molecule has 4 heteroatoms. The number of anilines is 1. The zero-order valence-corrected chi connectivity index (χ0v) is 12.1. The maximum Gasteiger partial charge on any atom is 0.259 e. The van der Waals surface area contributed by atoms with Gasteiger partial charge in [-0.3, -0.25) is 14.9 Å². The highest BCUT2D eigenvalue weighted by Gasteiger charge is 2.27. The number of hydrogen-bond donors (Lipinski definition) is 2. The highest BCUT2D eigenvalue weighted by Crippen LogP contribution is 2.33. The monoisotopic (exact) mass is 292 g/mol. The van der Waals surface area contributed by atoms with Crippen LogP contribution in [-0.4, -0.2) is 11.8 Å². The molecule has 22 heavy (non-hydrogen) atoms. The van der Waals surface area contributed by atoms with Gasteiger partial charge in [0.25, 0.3) is 11.8 Å². The van der Waals surface area contributed by atoms with Crippen LogP contribution in [0.25, 0.3) is 0 Å². The van der Waals surface area contributed by atoms with E-state index in [1.54, 1.807) is 12.1 Å². The minimum atomic E-state index is -0.312. The number of hydrogen-bond acceptors (Lipinski definition) is 3. The summed E-state index contributed by atoms with van der Waals surface area (Å²) in [6, 6.07) is 14.1. The first-order chi connectivity index (χ1) is 10.7. The van der Waals surface area contributed by atoms with E-state index < -0.39 is 0 Å². The summed E-state index contributed by atoms with van der Waals surface area (Å²) >= 11 is 0. The molecule has 2 amide bonds. The van der Waals surface area contributed by atoms with Gasteiger partial charge < -0.3 is 5.32 Å². The van der Waals surface area contributed by atoms with Crippen molar-refractivity contribution >= 4 is 17.5 Å². The molecule has 0 saturated heterocycles. The summed E-state index contributed by atoms with van der Waals surface area (Å²) in [6.07, 6.45) is 3.34. The standard InChI is InChI=1S/C18H16N2O2/c21-17-14-9-8-12(10-15(14)18(22)20-17)19-16-7-3-5-11-4-1-2-6-13(11)16/h1-2,4,6,8-10,16,19H,3,5,7H2,(H,20,21,22). The average molecular weight is 292 g/mol. The third-order valence-electron chi connectivity index (χ3n) is 4.45. The summed E-state index contributed by atoms with van der Waals surface area (Å²) in [5.74, 6) is -0.623. The van der Waals surface area contributed by atoms with E-state index in [0.717, 1.165) is 24.9 Å². The van der Waals surface area contributed by atoms with E-state index in [2.05, 4.69) is 34.9 Å². The normalized spacial score (nSPS) is 19.4. The van der Waals surface area contributed by atoms with Gasteiger partial charge in [-0.25, -0.2) is 0 Å². The molecule has 0 bridgehead atoms. The molecule has 1 atom stereocenters. The van der Waals surface area contributed by atoms with Crippen molar-refractivity contribution in [3.8, 4) is 0 Å². The third-order valence-corrected chi connectivity index (χ3v) is 4.45. The minimum Gasteiger partial charge on any atom is -0.378 e. The molecule has 4 rings (SSSR count). The van der Waals surface area contributed by atoms with Crippen molar-refractivity contribution in [1.82, 2.24) is 5.32 Å². The maximum absolute atomic E-state index is 11.8. The molecule has 0 aromatic heterocycles. The van der Waals surface area contributed by atoms with Crippen LogP contribution in [-0.2, 0) is 6.42 Å². The summed E-state index contributed by atoms with van der Waals surface area (Å²) in [7, 11) is 0.